The summed E-state index contributed by atoms with van der Waals surface area (Å²) in [5.41, 5.74) is -2.01. The minimum absolute atomic E-state index is 0. The summed E-state index contributed by atoms with van der Waals surface area (Å²) in [6.07, 6.45) is -0.0258. The number of rotatable bonds is 4. The summed E-state index contributed by atoms with van der Waals surface area (Å²) in [4.78, 5) is 23.1. The van der Waals surface area contributed by atoms with E-state index in [-0.39, 0.29) is 25.3 Å². The predicted octanol–water partition coefficient (Wildman–Crippen LogP) is 1.78. The quantitative estimate of drug-likeness (QED) is 0.637. The first-order chi connectivity index (χ1) is 8.22. The van der Waals surface area contributed by atoms with E-state index >= 15 is 0 Å². The molecule has 5 heteroatoms. The number of hydrogen-bond acceptors (Lipinski definition) is 2. The maximum absolute atomic E-state index is 11.5. The molecule has 0 saturated carbocycles. The zero-order valence-corrected chi connectivity index (χ0v) is 10.8. The second-order valence-corrected chi connectivity index (χ2v) is 5.43. The minimum atomic E-state index is -1.83. The molecule has 1 aromatic carbocycles. The fourth-order valence-corrected chi connectivity index (χ4v) is 2.05. The van der Waals surface area contributed by atoms with Gasteiger partial charge < -0.3 is 10.2 Å². The van der Waals surface area contributed by atoms with Crippen molar-refractivity contribution in [3.8, 4) is 0 Å². The number of carbonyl (C=O) groups is 2. The summed E-state index contributed by atoms with van der Waals surface area (Å²) in [5.74, 6) is -2.60. The molecule has 100 valence electrons. The van der Waals surface area contributed by atoms with Crippen molar-refractivity contribution in [1.29, 1.82) is 0 Å². The van der Waals surface area contributed by atoms with E-state index in [0.717, 1.165) is 0 Å². The Morgan fingerprint density at radius 2 is 1.42 bits per heavy atom. The molecule has 0 saturated heterocycles. The second kappa shape index (κ2) is 6.27. The summed E-state index contributed by atoms with van der Waals surface area (Å²) in [7, 11) is 0. The van der Waals surface area contributed by atoms with Gasteiger partial charge in [0.1, 0.15) is 0 Å². The third-order valence-electron chi connectivity index (χ3n) is 3.32. The van der Waals surface area contributed by atoms with Crippen LogP contribution in [-0.4, -0.2) is 41.0 Å². The molecule has 0 atom stereocenters. The van der Waals surface area contributed by atoms with Crippen LogP contribution in [0, 0.1) is 10.8 Å². The molecule has 0 aromatic heterocycles. The van der Waals surface area contributed by atoms with Gasteiger partial charge in [0.05, 0.1) is 0 Å². The van der Waals surface area contributed by atoms with Crippen molar-refractivity contribution >= 4 is 30.8 Å². The molecular weight excluding hydrogens is 239 g/mol. The van der Waals surface area contributed by atoms with Crippen LogP contribution in [0.1, 0.15) is 26.3 Å². The van der Waals surface area contributed by atoms with Crippen LogP contribution in [0.15, 0.2) is 30.3 Å². The van der Waals surface area contributed by atoms with E-state index in [1.807, 2.05) is 6.07 Å². The fourth-order valence-electron chi connectivity index (χ4n) is 2.05. The van der Waals surface area contributed by atoms with E-state index in [1.54, 1.807) is 45.0 Å². The molecule has 0 bridgehead atoms. The van der Waals surface area contributed by atoms with Gasteiger partial charge in [-0.2, -0.15) is 0 Å². The summed E-state index contributed by atoms with van der Waals surface area (Å²) < 4.78 is 0. The third kappa shape index (κ3) is 3.40. The molecule has 0 spiro atoms. The fraction of sp³-hybridized carbons (Fsp3) is 0.429. The summed E-state index contributed by atoms with van der Waals surface area (Å²) >= 11 is 0. The number of aliphatic carboxylic acids is 2. The van der Waals surface area contributed by atoms with Crippen LogP contribution in [0.25, 0.3) is 0 Å². The van der Waals surface area contributed by atoms with Gasteiger partial charge in [-0.3, -0.25) is 9.59 Å². The predicted molar refractivity (Wildman–Crippen MR) is 74.5 cm³/mol. The van der Waals surface area contributed by atoms with E-state index in [1.165, 1.54) is 0 Å². The van der Waals surface area contributed by atoms with Crippen LogP contribution in [0.4, 0.5) is 0 Å². The average Bonchev–Trinajstić information content (AvgIpc) is 2.24. The third-order valence-corrected chi connectivity index (χ3v) is 3.32. The second-order valence-electron chi connectivity index (χ2n) is 5.43. The normalized spacial score (nSPS) is 11.5. The van der Waals surface area contributed by atoms with Gasteiger partial charge in [-0.1, -0.05) is 51.1 Å². The average molecular weight is 258 g/mol. The molecule has 0 aliphatic carbocycles. The van der Waals surface area contributed by atoms with Gasteiger partial charge in [-0.15, -0.1) is 0 Å². The summed E-state index contributed by atoms with van der Waals surface area (Å²) in [6.45, 7) is 4.91. The molecule has 0 amide bonds. The van der Waals surface area contributed by atoms with Crippen LogP contribution >= 0.6 is 0 Å². The molecule has 4 nitrogen and oxygen atoms in total. The number of carboxylic acid groups (broad SMARTS) is 2. The molecule has 0 radical (unpaired) electrons. The Morgan fingerprint density at radius 1 is 1.00 bits per heavy atom. The van der Waals surface area contributed by atoms with Gasteiger partial charge in [0, 0.05) is 0 Å². The van der Waals surface area contributed by atoms with Crippen molar-refractivity contribution in [2.24, 2.45) is 10.8 Å². The molecule has 2 N–H and O–H groups in total. The Morgan fingerprint density at radius 3 is 1.74 bits per heavy atom. The van der Waals surface area contributed by atoms with Gasteiger partial charge in [0.2, 0.25) is 0 Å². The van der Waals surface area contributed by atoms with E-state index in [9.17, 15) is 19.8 Å². The Bertz CT molecular complexity index is 434. The van der Waals surface area contributed by atoms with Crippen molar-refractivity contribution in [2.45, 2.75) is 27.2 Å². The van der Waals surface area contributed by atoms with Gasteiger partial charge in [0.25, 0.3) is 0 Å². The molecule has 0 heterocycles. The first-order valence-corrected chi connectivity index (χ1v) is 5.72. The van der Waals surface area contributed by atoms with Crippen LogP contribution in [0.3, 0.4) is 0 Å². The Kier molecular flexibility index (Phi) is 5.86. The SMILES string of the molecule is CC(C)(C)C(Cc1ccccc1)(C(=O)O)C(=O)O.[LiH]. The summed E-state index contributed by atoms with van der Waals surface area (Å²) in [6, 6.07) is 8.83. The van der Waals surface area contributed by atoms with Crippen LogP contribution in [0.5, 0.6) is 0 Å². The molecular formula is C14H19LiO4. The zero-order valence-electron chi connectivity index (χ0n) is 10.8. The van der Waals surface area contributed by atoms with Gasteiger partial charge in [-0.25, -0.2) is 0 Å². The van der Waals surface area contributed by atoms with Crippen molar-refractivity contribution < 1.29 is 19.8 Å². The van der Waals surface area contributed by atoms with Gasteiger partial charge in [-0.05, 0) is 17.4 Å². The zero-order chi connectivity index (χ0) is 14.0. The van der Waals surface area contributed by atoms with Crippen molar-refractivity contribution in [1.82, 2.24) is 0 Å². The molecule has 0 aliphatic rings. The maximum atomic E-state index is 11.5. The monoisotopic (exact) mass is 258 g/mol. The van der Waals surface area contributed by atoms with Crippen molar-refractivity contribution in [3.05, 3.63) is 35.9 Å². The van der Waals surface area contributed by atoms with Gasteiger partial charge >= 0.3 is 30.8 Å². The van der Waals surface area contributed by atoms with Crippen LogP contribution < -0.4 is 0 Å². The summed E-state index contributed by atoms with van der Waals surface area (Å²) in [5, 5.41) is 18.8. The van der Waals surface area contributed by atoms with Gasteiger partial charge in [0.15, 0.2) is 5.41 Å². The van der Waals surface area contributed by atoms with Crippen LogP contribution in [0.2, 0.25) is 0 Å². The molecule has 0 fully saturated rings. The van der Waals surface area contributed by atoms with Crippen molar-refractivity contribution in [3.63, 3.8) is 0 Å². The first-order valence-electron chi connectivity index (χ1n) is 5.72. The Hall–Kier alpha value is -1.24. The topological polar surface area (TPSA) is 74.6 Å². The number of benzene rings is 1. The van der Waals surface area contributed by atoms with Crippen molar-refractivity contribution in [2.75, 3.05) is 0 Å². The van der Waals surface area contributed by atoms with E-state index in [2.05, 4.69) is 0 Å². The molecule has 0 aliphatic heterocycles. The standard InChI is InChI=1S/C14H18O4.Li.H/c1-13(2,3)14(11(15)16,12(17)18)9-10-7-5-4-6-8-10;;/h4-8H,9H2,1-3H3,(H,15,16)(H,17,18);;. The van der Waals surface area contributed by atoms with E-state index in [4.69, 9.17) is 0 Å². The molecule has 1 rings (SSSR count). The van der Waals surface area contributed by atoms with Crippen LogP contribution in [-0.2, 0) is 16.0 Å². The first kappa shape index (κ1) is 17.8. The molecule has 1 aromatic rings. The Labute approximate surface area is 125 Å². The Balaban J connectivity index is 0.00000324. The van der Waals surface area contributed by atoms with E-state index < -0.39 is 22.8 Å². The van der Waals surface area contributed by atoms with E-state index in [0.29, 0.717) is 5.56 Å². The molecule has 0 unspecified atom stereocenters. The number of carboxylic acids is 2. The molecule has 19 heavy (non-hydrogen) atoms. The number of hydrogen-bond donors (Lipinski definition) is 2.